The summed E-state index contributed by atoms with van der Waals surface area (Å²) in [6, 6.07) is 15.5. The van der Waals surface area contributed by atoms with Gasteiger partial charge in [-0.3, -0.25) is 4.79 Å². The molecular weight excluding hydrogens is 314 g/mol. The molecule has 1 heterocycles. The van der Waals surface area contributed by atoms with Crippen LogP contribution in [0, 0.1) is 0 Å². The molecule has 2 N–H and O–H groups in total. The van der Waals surface area contributed by atoms with Gasteiger partial charge in [-0.1, -0.05) is 30.3 Å². The van der Waals surface area contributed by atoms with Crippen molar-refractivity contribution in [3.8, 4) is 11.4 Å². The molecule has 5 nitrogen and oxygen atoms in total. The fourth-order valence-electron chi connectivity index (χ4n) is 2.48. The molecule has 0 aliphatic heterocycles. The third-order valence-corrected chi connectivity index (χ3v) is 3.85. The van der Waals surface area contributed by atoms with Crippen LogP contribution in [-0.2, 0) is 9.53 Å². The van der Waals surface area contributed by atoms with Gasteiger partial charge in [0.25, 0.3) is 5.91 Å². The van der Waals surface area contributed by atoms with Crippen LogP contribution in [0.3, 0.4) is 0 Å². The molecular formula is C20H21N3O2. The molecule has 3 aromatic rings. The topological polar surface area (TPSA) is 67.0 Å². The minimum Gasteiger partial charge on any atom is -0.368 e. The normalized spacial score (nSPS) is 12.0. The van der Waals surface area contributed by atoms with E-state index in [1.807, 2.05) is 48.5 Å². The molecule has 0 saturated carbocycles. The SMILES string of the molecule is C=CCCOC(C)C(=O)Nc1cccc(-c2nc3ccccc3[nH]2)c1. The molecule has 0 radical (unpaired) electrons. The van der Waals surface area contributed by atoms with Crippen LogP contribution in [0.2, 0.25) is 0 Å². The molecule has 1 unspecified atom stereocenters. The monoisotopic (exact) mass is 335 g/mol. The summed E-state index contributed by atoms with van der Waals surface area (Å²) < 4.78 is 5.47. The van der Waals surface area contributed by atoms with Crippen LogP contribution in [-0.4, -0.2) is 28.6 Å². The van der Waals surface area contributed by atoms with Gasteiger partial charge < -0.3 is 15.0 Å². The molecule has 0 saturated heterocycles. The van der Waals surface area contributed by atoms with E-state index in [0.717, 1.165) is 28.8 Å². The number of para-hydroxylation sites is 2. The minimum atomic E-state index is -0.519. The maximum absolute atomic E-state index is 12.2. The number of imidazole rings is 1. The maximum atomic E-state index is 12.2. The lowest BCUT2D eigenvalue weighted by atomic mass is 10.2. The molecule has 1 aromatic heterocycles. The molecule has 2 aromatic carbocycles. The van der Waals surface area contributed by atoms with Gasteiger partial charge >= 0.3 is 0 Å². The van der Waals surface area contributed by atoms with E-state index in [4.69, 9.17) is 4.74 Å². The second-order valence-electron chi connectivity index (χ2n) is 5.76. The number of hydrogen-bond acceptors (Lipinski definition) is 3. The van der Waals surface area contributed by atoms with E-state index in [1.165, 1.54) is 0 Å². The van der Waals surface area contributed by atoms with Gasteiger partial charge in [-0.15, -0.1) is 6.58 Å². The fraction of sp³-hybridized carbons (Fsp3) is 0.200. The molecule has 3 rings (SSSR count). The molecule has 1 amide bonds. The fourth-order valence-corrected chi connectivity index (χ4v) is 2.48. The molecule has 128 valence electrons. The van der Waals surface area contributed by atoms with Gasteiger partial charge in [-0.25, -0.2) is 4.98 Å². The Morgan fingerprint density at radius 2 is 2.16 bits per heavy atom. The first-order valence-electron chi connectivity index (χ1n) is 8.26. The molecule has 0 aliphatic carbocycles. The number of benzene rings is 2. The van der Waals surface area contributed by atoms with E-state index >= 15 is 0 Å². The van der Waals surface area contributed by atoms with Gasteiger partial charge in [0.15, 0.2) is 0 Å². The van der Waals surface area contributed by atoms with Crippen LogP contribution in [0.4, 0.5) is 5.69 Å². The number of aromatic nitrogens is 2. The standard InChI is InChI=1S/C20H21N3O2/c1-3-4-12-25-14(2)20(24)21-16-9-7-8-15(13-16)19-22-17-10-5-6-11-18(17)23-19/h3,5-11,13-14H,1,4,12H2,2H3,(H,21,24)(H,22,23). The largest absolute Gasteiger partial charge is 0.368 e. The number of rotatable bonds is 7. The van der Waals surface area contributed by atoms with Crippen LogP contribution in [0.5, 0.6) is 0 Å². The van der Waals surface area contributed by atoms with E-state index in [2.05, 4.69) is 21.9 Å². The molecule has 0 aliphatic rings. The summed E-state index contributed by atoms with van der Waals surface area (Å²) in [5.74, 6) is 0.596. The zero-order valence-electron chi connectivity index (χ0n) is 14.2. The highest BCUT2D eigenvalue weighted by molar-refractivity contribution is 5.94. The predicted molar refractivity (Wildman–Crippen MR) is 100 cm³/mol. The number of nitrogens with zero attached hydrogens (tertiary/aromatic N) is 1. The van der Waals surface area contributed by atoms with Crippen LogP contribution in [0.1, 0.15) is 13.3 Å². The van der Waals surface area contributed by atoms with E-state index in [-0.39, 0.29) is 5.91 Å². The van der Waals surface area contributed by atoms with Crippen molar-refractivity contribution in [2.75, 3.05) is 11.9 Å². The summed E-state index contributed by atoms with van der Waals surface area (Å²) in [7, 11) is 0. The van der Waals surface area contributed by atoms with E-state index in [9.17, 15) is 4.79 Å². The number of amides is 1. The average Bonchev–Trinajstić information content (AvgIpc) is 3.06. The summed E-state index contributed by atoms with van der Waals surface area (Å²) in [6.45, 7) is 5.86. The highest BCUT2D eigenvalue weighted by Gasteiger charge is 2.14. The first-order chi connectivity index (χ1) is 12.2. The summed E-state index contributed by atoms with van der Waals surface area (Å²) in [5.41, 5.74) is 3.52. The average molecular weight is 335 g/mol. The van der Waals surface area contributed by atoms with Crippen molar-refractivity contribution in [3.63, 3.8) is 0 Å². The Labute approximate surface area is 146 Å². The lowest BCUT2D eigenvalue weighted by Crippen LogP contribution is -2.28. The van der Waals surface area contributed by atoms with Gasteiger partial charge in [0.1, 0.15) is 11.9 Å². The number of ether oxygens (including phenoxy) is 1. The quantitative estimate of drug-likeness (QED) is 0.503. The lowest BCUT2D eigenvalue weighted by Gasteiger charge is -2.13. The zero-order valence-corrected chi connectivity index (χ0v) is 14.2. The zero-order chi connectivity index (χ0) is 17.6. The van der Waals surface area contributed by atoms with Crippen LogP contribution >= 0.6 is 0 Å². The highest BCUT2D eigenvalue weighted by Crippen LogP contribution is 2.23. The molecule has 0 spiro atoms. The van der Waals surface area contributed by atoms with Gasteiger partial charge in [-0.05, 0) is 37.6 Å². The second kappa shape index (κ2) is 7.77. The lowest BCUT2D eigenvalue weighted by molar-refractivity contribution is -0.126. The third kappa shape index (κ3) is 4.14. The molecule has 25 heavy (non-hydrogen) atoms. The van der Waals surface area contributed by atoms with Crippen molar-refractivity contribution in [2.45, 2.75) is 19.4 Å². The Kier molecular flexibility index (Phi) is 5.26. The van der Waals surface area contributed by atoms with Crippen molar-refractivity contribution in [3.05, 3.63) is 61.2 Å². The summed E-state index contributed by atoms with van der Waals surface area (Å²) >= 11 is 0. The Hall–Kier alpha value is -2.92. The number of carbonyl (C=O) groups excluding carboxylic acids is 1. The predicted octanol–water partition coefficient (Wildman–Crippen LogP) is 4.15. The molecule has 0 bridgehead atoms. The first-order valence-corrected chi connectivity index (χ1v) is 8.26. The summed E-state index contributed by atoms with van der Waals surface area (Å²) in [4.78, 5) is 20.1. The number of carbonyl (C=O) groups is 1. The van der Waals surface area contributed by atoms with Crippen molar-refractivity contribution >= 4 is 22.6 Å². The van der Waals surface area contributed by atoms with Crippen LogP contribution in [0.15, 0.2) is 61.2 Å². The van der Waals surface area contributed by atoms with Crippen LogP contribution < -0.4 is 5.32 Å². The van der Waals surface area contributed by atoms with Gasteiger partial charge in [0.05, 0.1) is 17.6 Å². The van der Waals surface area contributed by atoms with Crippen molar-refractivity contribution < 1.29 is 9.53 Å². The Balaban J connectivity index is 1.73. The van der Waals surface area contributed by atoms with Gasteiger partial charge in [-0.2, -0.15) is 0 Å². The van der Waals surface area contributed by atoms with Crippen LogP contribution in [0.25, 0.3) is 22.4 Å². The Morgan fingerprint density at radius 1 is 1.32 bits per heavy atom. The van der Waals surface area contributed by atoms with Gasteiger partial charge in [0, 0.05) is 11.3 Å². The number of anilines is 1. The molecule has 1 atom stereocenters. The van der Waals surface area contributed by atoms with E-state index in [0.29, 0.717) is 12.3 Å². The van der Waals surface area contributed by atoms with Crippen molar-refractivity contribution in [1.82, 2.24) is 9.97 Å². The van der Waals surface area contributed by atoms with Gasteiger partial charge in [0.2, 0.25) is 0 Å². The van der Waals surface area contributed by atoms with E-state index < -0.39 is 6.10 Å². The number of H-pyrrole nitrogens is 1. The summed E-state index contributed by atoms with van der Waals surface area (Å²) in [5, 5.41) is 2.88. The number of hydrogen-bond donors (Lipinski definition) is 2. The first kappa shape index (κ1) is 16.9. The Bertz CT molecular complexity index is 852. The minimum absolute atomic E-state index is 0.175. The van der Waals surface area contributed by atoms with Crippen molar-refractivity contribution in [1.29, 1.82) is 0 Å². The number of aromatic amines is 1. The Morgan fingerprint density at radius 3 is 2.96 bits per heavy atom. The smallest absolute Gasteiger partial charge is 0.253 e. The molecule has 0 fully saturated rings. The number of fused-ring (bicyclic) bond motifs is 1. The molecule has 5 heteroatoms. The summed E-state index contributed by atoms with van der Waals surface area (Å²) in [6.07, 6.45) is 1.97. The maximum Gasteiger partial charge on any atom is 0.253 e. The third-order valence-electron chi connectivity index (χ3n) is 3.85. The van der Waals surface area contributed by atoms with E-state index in [1.54, 1.807) is 13.0 Å². The van der Waals surface area contributed by atoms with Crippen molar-refractivity contribution in [2.24, 2.45) is 0 Å². The highest BCUT2D eigenvalue weighted by atomic mass is 16.5. The number of nitrogens with one attached hydrogen (secondary N) is 2. The second-order valence-corrected chi connectivity index (χ2v) is 5.76.